The van der Waals surface area contributed by atoms with Crippen molar-refractivity contribution in [1.82, 2.24) is 0 Å². The van der Waals surface area contributed by atoms with Crippen molar-refractivity contribution in [2.45, 2.75) is 4.90 Å². The molecule has 148 valence electrons. The summed E-state index contributed by atoms with van der Waals surface area (Å²) in [5.74, 6) is -0.678. The zero-order valence-corrected chi connectivity index (χ0v) is 16.8. The molecule has 0 aliphatic heterocycles. The standard InChI is InChI=1S/C22H20N2O4S/c1-24(19-11-4-3-5-12-19)22(26)17-9-6-10-18(14-17)23-21(25)16-8-7-13-20(15-16)29(2,27)28/h3-15H,1-2H3,(H,23,25). The van der Waals surface area contributed by atoms with Gasteiger partial charge in [0.25, 0.3) is 11.8 Å². The van der Waals surface area contributed by atoms with Gasteiger partial charge in [0.05, 0.1) is 4.90 Å². The summed E-state index contributed by atoms with van der Waals surface area (Å²) in [5, 5.41) is 2.71. The molecule has 0 fully saturated rings. The number of nitrogens with one attached hydrogen (secondary N) is 1. The van der Waals surface area contributed by atoms with Crippen LogP contribution in [0.25, 0.3) is 0 Å². The van der Waals surface area contributed by atoms with E-state index in [0.717, 1.165) is 11.9 Å². The van der Waals surface area contributed by atoms with Crippen molar-refractivity contribution in [2.75, 3.05) is 23.5 Å². The molecule has 0 spiro atoms. The monoisotopic (exact) mass is 408 g/mol. The summed E-state index contributed by atoms with van der Waals surface area (Å²) in [6.07, 6.45) is 1.09. The third kappa shape index (κ3) is 4.89. The predicted octanol–water partition coefficient (Wildman–Crippen LogP) is 3.62. The van der Waals surface area contributed by atoms with Gasteiger partial charge in [-0.15, -0.1) is 0 Å². The first-order valence-corrected chi connectivity index (χ1v) is 10.7. The predicted molar refractivity (Wildman–Crippen MR) is 113 cm³/mol. The lowest BCUT2D eigenvalue weighted by atomic mass is 10.1. The molecule has 1 N–H and O–H groups in total. The van der Waals surface area contributed by atoms with Crippen LogP contribution in [-0.2, 0) is 9.84 Å². The van der Waals surface area contributed by atoms with Gasteiger partial charge in [-0.1, -0.05) is 30.3 Å². The highest BCUT2D eigenvalue weighted by Gasteiger charge is 2.15. The van der Waals surface area contributed by atoms with Crippen LogP contribution < -0.4 is 10.2 Å². The average Bonchev–Trinajstić information content (AvgIpc) is 2.73. The molecule has 0 aliphatic rings. The average molecular weight is 408 g/mol. The summed E-state index contributed by atoms with van der Waals surface area (Å²) < 4.78 is 23.4. The number of anilines is 2. The highest BCUT2D eigenvalue weighted by atomic mass is 32.2. The Hall–Kier alpha value is -3.45. The highest BCUT2D eigenvalue weighted by Crippen LogP contribution is 2.19. The minimum Gasteiger partial charge on any atom is -0.322 e. The lowest BCUT2D eigenvalue weighted by molar-refractivity contribution is 0.0990. The van der Waals surface area contributed by atoms with E-state index >= 15 is 0 Å². The summed E-state index contributed by atoms with van der Waals surface area (Å²) in [6.45, 7) is 0. The summed E-state index contributed by atoms with van der Waals surface area (Å²) in [6, 6.07) is 21.6. The Morgan fingerprint density at radius 1 is 0.828 bits per heavy atom. The third-order valence-corrected chi connectivity index (χ3v) is 5.45. The number of hydrogen-bond donors (Lipinski definition) is 1. The second-order valence-corrected chi connectivity index (χ2v) is 8.55. The van der Waals surface area contributed by atoms with Crippen molar-refractivity contribution in [3.63, 3.8) is 0 Å². The van der Waals surface area contributed by atoms with Crippen LogP contribution in [0, 0.1) is 0 Å². The van der Waals surface area contributed by atoms with Gasteiger partial charge in [-0.05, 0) is 48.5 Å². The largest absolute Gasteiger partial charge is 0.322 e. The Bertz CT molecular complexity index is 1160. The van der Waals surface area contributed by atoms with Crippen molar-refractivity contribution in [3.8, 4) is 0 Å². The molecule has 0 radical (unpaired) electrons. The van der Waals surface area contributed by atoms with Crippen LogP contribution in [0.4, 0.5) is 11.4 Å². The normalized spacial score (nSPS) is 11.0. The molecular formula is C22H20N2O4S. The molecule has 0 saturated heterocycles. The molecular weight excluding hydrogens is 388 g/mol. The molecule has 0 bridgehead atoms. The maximum atomic E-state index is 12.8. The number of nitrogens with zero attached hydrogens (tertiary/aromatic N) is 1. The molecule has 0 atom stereocenters. The molecule has 7 heteroatoms. The van der Waals surface area contributed by atoms with Crippen LogP contribution in [-0.4, -0.2) is 33.5 Å². The number of sulfone groups is 1. The van der Waals surface area contributed by atoms with Crippen molar-refractivity contribution in [3.05, 3.63) is 90.0 Å². The van der Waals surface area contributed by atoms with Gasteiger partial charge in [0, 0.05) is 35.8 Å². The van der Waals surface area contributed by atoms with Crippen LogP contribution in [0.15, 0.2) is 83.8 Å². The lowest BCUT2D eigenvalue weighted by Gasteiger charge is -2.17. The van der Waals surface area contributed by atoms with Crippen LogP contribution in [0.5, 0.6) is 0 Å². The quantitative estimate of drug-likeness (QED) is 0.699. The molecule has 3 rings (SSSR count). The fraction of sp³-hybridized carbons (Fsp3) is 0.0909. The van der Waals surface area contributed by atoms with E-state index in [-0.39, 0.29) is 16.4 Å². The number of amides is 2. The smallest absolute Gasteiger partial charge is 0.258 e. The summed E-state index contributed by atoms with van der Waals surface area (Å²) in [7, 11) is -1.74. The Labute approximate surface area is 169 Å². The van der Waals surface area contributed by atoms with Crippen LogP contribution in [0.3, 0.4) is 0 Å². The van der Waals surface area contributed by atoms with Gasteiger partial charge in [0.15, 0.2) is 9.84 Å². The number of benzene rings is 3. The molecule has 3 aromatic rings. The second-order valence-electron chi connectivity index (χ2n) is 6.53. The van der Waals surface area contributed by atoms with E-state index in [9.17, 15) is 18.0 Å². The topological polar surface area (TPSA) is 83.6 Å². The molecule has 0 heterocycles. The van der Waals surface area contributed by atoms with Gasteiger partial charge in [0.2, 0.25) is 0 Å². The molecule has 29 heavy (non-hydrogen) atoms. The van der Waals surface area contributed by atoms with Gasteiger partial charge in [0.1, 0.15) is 0 Å². The van der Waals surface area contributed by atoms with E-state index in [0.29, 0.717) is 11.3 Å². The second kappa shape index (κ2) is 8.28. The van der Waals surface area contributed by atoms with Crippen molar-refractivity contribution >= 4 is 33.0 Å². The first-order valence-electron chi connectivity index (χ1n) is 8.80. The van der Waals surface area contributed by atoms with Crippen molar-refractivity contribution < 1.29 is 18.0 Å². The van der Waals surface area contributed by atoms with E-state index in [1.165, 1.54) is 29.2 Å². The van der Waals surface area contributed by atoms with E-state index in [1.807, 2.05) is 30.3 Å². The Kier molecular flexibility index (Phi) is 5.79. The number of para-hydroxylation sites is 1. The Balaban J connectivity index is 1.80. The van der Waals surface area contributed by atoms with Crippen molar-refractivity contribution in [2.24, 2.45) is 0 Å². The van der Waals surface area contributed by atoms with E-state index in [4.69, 9.17) is 0 Å². The first-order chi connectivity index (χ1) is 13.8. The minimum absolute atomic E-state index is 0.0681. The van der Waals surface area contributed by atoms with Crippen LogP contribution in [0.2, 0.25) is 0 Å². The Morgan fingerprint density at radius 3 is 2.17 bits per heavy atom. The summed E-state index contributed by atoms with van der Waals surface area (Å²) >= 11 is 0. The molecule has 6 nitrogen and oxygen atoms in total. The number of hydrogen-bond acceptors (Lipinski definition) is 4. The molecule has 0 aromatic heterocycles. The number of carbonyl (C=O) groups is 2. The third-order valence-electron chi connectivity index (χ3n) is 4.34. The highest BCUT2D eigenvalue weighted by molar-refractivity contribution is 7.90. The van der Waals surface area contributed by atoms with Crippen molar-refractivity contribution in [1.29, 1.82) is 0 Å². The first kappa shape index (κ1) is 20.3. The molecule has 3 aromatic carbocycles. The fourth-order valence-corrected chi connectivity index (χ4v) is 3.43. The maximum Gasteiger partial charge on any atom is 0.258 e. The van der Waals surface area contributed by atoms with E-state index in [2.05, 4.69) is 5.32 Å². The van der Waals surface area contributed by atoms with Crippen LogP contribution >= 0.6 is 0 Å². The molecule has 2 amide bonds. The van der Waals surface area contributed by atoms with E-state index < -0.39 is 15.7 Å². The van der Waals surface area contributed by atoms with E-state index in [1.54, 1.807) is 31.3 Å². The van der Waals surface area contributed by atoms with Gasteiger partial charge in [-0.3, -0.25) is 9.59 Å². The summed E-state index contributed by atoms with van der Waals surface area (Å²) in [4.78, 5) is 26.9. The zero-order valence-electron chi connectivity index (χ0n) is 16.0. The fourth-order valence-electron chi connectivity index (χ4n) is 2.76. The van der Waals surface area contributed by atoms with Gasteiger partial charge in [-0.25, -0.2) is 8.42 Å². The Morgan fingerprint density at radius 2 is 1.48 bits per heavy atom. The minimum atomic E-state index is -3.42. The van der Waals surface area contributed by atoms with Gasteiger partial charge < -0.3 is 10.2 Å². The molecule has 0 aliphatic carbocycles. The number of carbonyl (C=O) groups excluding carboxylic acids is 2. The lowest BCUT2D eigenvalue weighted by Crippen LogP contribution is -2.26. The van der Waals surface area contributed by atoms with Gasteiger partial charge >= 0.3 is 0 Å². The molecule has 0 saturated carbocycles. The van der Waals surface area contributed by atoms with Crippen LogP contribution in [0.1, 0.15) is 20.7 Å². The SMILES string of the molecule is CN(C(=O)c1cccc(NC(=O)c2cccc(S(C)(=O)=O)c2)c1)c1ccccc1. The number of rotatable bonds is 5. The summed E-state index contributed by atoms with van der Waals surface area (Å²) in [5.41, 5.74) is 1.82. The zero-order chi connectivity index (χ0) is 21.0. The van der Waals surface area contributed by atoms with Gasteiger partial charge in [-0.2, -0.15) is 0 Å². The maximum absolute atomic E-state index is 12.8. The molecule has 0 unspecified atom stereocenters.